The van der Waals surface area contributed by atoms with Crippen molar-refractivity contribution in [3.8, 4) is 0 Å². The lowest BCUT2D eigenvalue weighted by molar-refractivity contribution is 0.0861. The molecule has 0 spiro atoms. The number of aromatic nitrogens is 1. The highest BCUT2D eigenvalue weighted by atomic mass is 32.2. The molecule has 2 fully saturated rings. The van der Waals surface area contributed by atoms with Crippen molar-refractivity contribution in [2.45, 2.75) is 37.3 Å². The second-order valence-electron chi connectivity index (χ2n) is 5.99. The minimum absolute atomic E-state index is 0.0358. The van der Waals surface area contributed by atoms with Crippen molar-refractivity contribution < 1.29 is 9.90 Å². The Morgan fingerprint density at radius 3 is 3.05 bits per heavy atom. The van der Waals surface area contributed by atoms with Gasteiger partial charge in [-0.2, -0.15) is 0 Å². The highest BCUT2D eigenvalue weighted by Gasteiger charge is 2.47. The molecule has 2 N–H and O–H groups in total. The lowest BCUT2D eigenvalue weighted by atomic mass is 9.85. The first-order valence-electron chi connectivity index (χ1n) is 7.73. The van der Waals surface area contributed by atoms with Gasteiger partial charge in [0.25, 0.3) is 5.91 Å². The lowest BCUT2D eigenvalue weighted by Gasteiger charge is -2.30. The maximum Gasteiger partial charge on any atom is 0.251 e. The van der Waals surface area contributed by atoms with Gasteiger partial charge in [0.1, 0.15) is 0 Å². The summed E-state index contributed by atoms with van der Waals surface area (Å²) < 4.78 is 0. The molecule has 2 aliphatic carbocycles. The average molecular weight is 306 g/mol. The van der Waals surface area contributed by atoms with Gasteiger partial charge in [0.05, 0.1) is 5.03 Å². The molecule has 0 saturated heterocycles. The number of thioether (sulfide) groups is 1. The molecule has 1 heterocycles. The fraction of sp³-hybridized carbons (Fsp3) is 0.625. The van der Waals surface area contributed by atoms with E-state index in [1.54, 1.807) is 24.0 Å². The zero-order valence-corrected chi connectivity index (χ0v) is 13.1. The van der Waals surface area contributed by atoms with Crippen LogP contribution in [0.4, 0.5) is 0 Å². The number of aliphatic hydroxyl groups excluding tert-OH is 1. The van der Waals surface area contributed by atoms with E-state index < -0.39 is 0 Å². The SMILES string of the molecule is CCSc1cc(C(=O)NC2C3CCC(C3)C2CO)ccn1. The first kappa shape index (κ1) is 14.9. The van der Waals surface area contributed by atoms with Crippen LogP contribution in [0.2, 0.25) is 0 Å². The molecule has 114 valence electrons. The maximum atomic E-state index is 12.5. The Balaban J connectivity index is 1.70. The number of carbonyl (C=O) groups excluding carboxylic acids is 1. The Morgan fingerprint density at radius 1 is 1.48 bits per heavy atom. The third-order valence-electron chi connectivity index (χ3n) is 4.89. The van der Waals surface area contributed by atoms with Crippen molar-refractivity contribution in [1.29, 1.82) is 0 Å². The fourth-order valence-electron chi connectivity index (χ4n) is 3.91. The Labute approximate surface area is 129 Å². The van der Waals surface area contributed by atoms with Crippen LogP contribution in [0.1, 0.15) is 36.5 Å². The summed E-state index contributed by atoms with van der Waals surface area (Å²) in [6, 6.07) is 3.75. The number of aliphatic hydroxyl groups is 1. The molecule has 21 heavy (non-hydrogen) atoms. The van der Waals surface area contributed by atoms with Gasteiger partial charge >= 0.3 is 0 Å². The van der Waals surface area contributed by atoms with E-state index in [1.165, 1.54) is 12.8 Å². The number of carbonyl (C=O) groups is 1. The molecule has 0 aromatic carbocycles. The summed E-state index contributed by atoms with van der Waals surface area (Å²) in [5.41, 5.74) is 0.667. The van der Waals surface area contributed by atoms with Gasteiger partial charge < -0.3 is 10.4 Å². The molecule has 1 aromatic rings. The Bertz CT molecular complexity index is 523. The number of hydrogen-bond acceptors (Lipinski definition) is 4. The van der Waals surface area contributed by atoms with Gasteiger partial charge in [-0.1, -0.05) is 6.92 Å². The largest absolute Gasteiger partial charge is 0.396 e. The van der Waals surface area contributed by atoms with E-state index in [2.05, 4.69) is 17.2 Å². The van der Waals surface area contributed by atoms with E-state index in [4.69, 9.17) is 0 Å². The van der Waals surface area contributed by atoms with E-state index in [-0.39, 0.29) is 24.5 Å². The van der Waals surface area contributed by atoms with Gasteiger partial charge in [-0.15, -0.1) is 11.8 Å². The van der Waals surface area contributed by atoms with E-state index in [0.717, 1.165) is 17.2 Å². The summed E-state index contributed by atoms with van der Waals surface area (Å²) in [5, 5.41) is 13.6. The van der Waals surface area contributed by atoms with E-state index in [1.807, 2.05) is 6.07 Å². The van der Waals surface area contributed by atoms with Crippen molar-refractivity contribution in [2.75, 3.05) is 12.4 Å². The van der Waals surface area contributed by atoms with Gasteiger partial charge in [-0.25, -0.2) is 4.98 Å². The van der Waals surface area contributed by atoms with Crippen molar-refractivity contribution in [1.82, 2.24) is 10.3 Å². The van der Waals surface area contributed by atoms with Crippen LogP contribution in [0, 0.1) is 17.8 Å². The number of nitrogens with one attached hydrogen (secondary N) is 1. The zero-order valence-electron chi connectivity index (χ0n) is 12.3. The van der Waals surface area contributed by atoms with E-state index in [9.17, 15) is 9.90 Å². The molecular formula is C16H22N2O2S. The average Bonchev–Trinajstić information content (AvgIpc) is 3.09. The molecule has 1 amide bonds. The number of nitrogens with zero attached hydrogens (tertiary/aromatic N) is 1. The van der Waals surface area contributed by atoms with Crippen LogP contribution in [0.25, 0.3) is 0 Å². The third-order valence-corrected chi connectivity index (χ3v) is 5.69. The number of amides is 1. The Kier molecular flexibility index (Phi) is 4.50. The quantitative estimate of drug-likeness (QED) is 0.820. The monoisotopic (exact) mass is 306 g/mol. The molecule has 2 saturated carbocycles. The van der Waals surface area contributed by atoms with Crippen LogP contribution in [0.5, 0.6) is 0 Å². The number of hydrogen-bond donors (Lipinski definition) is 2. The van der Waals surface area contributed by atoms with Gasteiger partial charge in [0.2, 0.25) is 0 Å². The van der Waals surface area contributed by atoms with Crippen LogP contribution in [-0.4, -0.2) is 34.4 Å². The molecule has 1 aromatic heterocycles. The second kappa shape index (κ2) is 6.36. The highest BCUT2D eigenvalue weighted by Crippen LogP contribution is 2.48. The van der Waals surface area contributed by atoms with Crippen LogP contribution < -0.4 is 5.32 Å². The maximum absolute atomic E-state index is 12.5. The molecule has 3 rings (SSSR count). The first-order chi connectivity index (χ1) is 10.2. The van der Waals surface area contributed by atoms with Crippen molar-refractivity contribution in [3.05, 3.63) is 23.9 Å². The summed E-state index contributed by atoms with van der Waals surface area (Å²) in [7, 11) is 0. The molecule has 0 radical (unpaired) electrons. The molecule has 4 nitrogen and oxygen atoms in total. The highest BCUT2D eigenvalue weighted by molar-refractivity contribution is 7.99. The molecule has 2 bridgehead atoms. The smallest absolute Gasteiger partial charge is 0.251 e. The molecular weight excluding hydrogens is 284 g/mol. The molecule has 5 heteroatoms. The van der Waals surface area contributed by atoms with Crippen molar-refractivity contribution >= 4 is 17.7 Å². The van der Waals surface area contributed by atoms with Crippen LogP contribution in [0.15, 0.2) is 23.4 Å². The first-order valence-corrected chi connectivity index (χ1v) is 8.72. The Hall–Kier alpha value is -1.07. The van der Waals surface area contributed by atoms with Crippen LogP contribution in [0.3, 0.4) is 0 Å². The predicted molar refractivity (Wildman–Crippen MR) is 83.3 cm³/mol. The number of rotatable bonds is 5. The van der Waals surface area contributed by atoms with Crippen molar-refractivity contribution in [2.24, 2.45) is 17.8 Å². The molecule has 4 atom stereocenters. The normalized spacial score (nSPS) is 30.6. The van der Waals surface area contributed by atoms with Crippen LogP contribution >= 0.6 is 11.8 Å². The van der Waals surface area contributed by atoms with Crippen molar-refractivity contribution in [3.63, 3.8) is 0 Å². The zero-order chi connectivity index (χ0) is 14.8. The van der Waals surface area contributed by atoms with Gasteiger partial charge in [0, 0.05) is 30.3 Å². The number of pyridine rings is 1. The summed E-state index contributed by atoms with van der Waals surface area (Å²) in [6.45, 7) is 2.25. The van der Waals surface area contributed by atoms with Gasteiger partial charge in [0.15, 0.2) is 0 Å². The van der Waals surface area contributed by atoms with Gasteiger partial charge in [-0.3, -0.25) is 4.79 Å². The topological polar surface area (TPSA) is 62.2 Å². The molecule has 4 unspecified atom stereocenters. The van der Waals surface area contributed by atoms with E-state index >= 15 is 0 Å². The minimum atomic E-state index is -0.0358. The standard InChI is InChI=1S/C16H22N2O2S/c1-2-21-14-8-12(5-6-17-14)16(20)18-15-11-4-3-10(7-11)13(15)9-19/h5-6,8,10-11,13,15,19H,2-4,7,9H2,1H3,(H,18,20). The van der Waals surface area contributed by atoms with Gasteiger partial charge in [-0.05, 0) is 49.0 Å². The minimum Gasteiger partial charge on any atom is -0.396 e. The fourth-order valence-corrected chi connectivity index (χ4v) is 4.55. The lowest BCUT2D eigenvalue weighted by Crippen LogP contribution is -2.45. The van der Waals surface area contributed by atoms with Crippen LogP contribution in [-0.2, 0) is 0 Å². The number of fused-ring (bicyclic) bond motifs is 2. The summed E-state index contributed by atoms with van der Waals surface area (Å²) in [6.07, 6.45) is 5.23. The Morgan fingerprint density at radius 2 is 2.29 bits per heavy atom. The third kappa shape index (κ3) is 2.94. The predicted octanol–water partition coefficient (Wildman–Crippen LogP) is 2.33. The summed E-state index contributed by atoms with van der Waals surface area (Å²) in [5.74, 6) is 2.28. The molecule has 0 aliphatic heterocycles. The summed E-state index contributed by atoms with van der Waals surface area (Å²) >= 11 is 1.64. The summed E-state index contributed by atoms with van der Waals surface area (Å²) in [4.78, 5) is 16.7. The molecule has 2 aliphatic rings. The van der Waals surface area contributed by atoms with E-state index in [0.29, 0.717) is 17.4 Å². The second-order valence-corrected chi connectivity index (χ2v) is 7.28.